The van der Waals surface area contributed by atoms with Crippen molar-refractivity contribution in [1.82, 2.24) is 10.1 Å². The fourth-order valence-corrected chi connectivity index (χ4v) is 2.40. The van der Waals surface area contributed by atoms with Gasteiger partial charge in [-0.3, -0.25) is 4.79 Å². The van der Waals surface area contributed by atoms with Crippen LogP contribution in [0.5, 0.6) is 0 Å². The van der Waals surface area contributed by atoms with Crippen molar-refractivity contribution in [3.63, 3.8) is 0 Å². The highest BCUT2D eigenvalue weighted by atomic mass is 35.5. The van der Waals surface area contributed by atoms with E-state index in [0.29, 0.717) is 16.3 Å². The van der Waals surface area contributed by atoms with Crippen LogP contribution in [-0.4, -0.2) is 23.0 Å². The van der Waals surface area contributed by atoms with Crippen LogP contribution in [-0.2, 0) is 6.54 Å². The molecule has 0 saturated heterocycles. The maximum Gasteiger partial charge on any atom is 0.276 e. The van der Waals surface area contributed by atoms with E-state index in [1.165, 1.54) is 11.0 Å². The Morgan fingerprint density at radius 2 is 1.92 bits per heavy atom. The maximum absolute atomic E-state index is 13.7. The normalized spacial score (nSPS) is 10.6. The van der Waals surface area contributed by atoms with Crippen molar-refractivity contribution in [2.75, 3.05) is 7.05 Å². The summed E-state index contributed by atoms with van der Waals surface area (Å²) < 4.78 is 18.9. The number of hydrogen-bond donors (Lipinski definition) is 0. The first-order chi connectivity index (χ1) is 11.5. The summed E-state index contributed by atoms with van der Waals surface area (Å²) in [6.07, 6.45) is 0. The molecule has 0 aliphatic rings. The van der Waals surface area contributed by atoms with Gasteiger partial charge in [-0.1, -0.05) is 35.0 Å². The summed E-state index contributed by atoms with van der Waals surface area (Å²) in [5.74, 6) is -0.226. The molecule has 1 amide bonds. The van der Waals surface area contributed by atoms with Crippen LogP contribution in [0, 0.1) is 5.82 Å². The van der Waals surface area contributed by atoms with Crippen LogP contribution in [0.25, 0.3) is 11.3 Å². The maximum atomic E-state index is 13.7. The van der Waals surface area contributed by atoms with Gasteiger partial charge >= 0.3 is 0 Å². The highest BCUT2D eigenvalue weighted by molar-refractivity contribution is 6.30. The number of carbonyl (C=O) groups is 1. The molecular weight excluding hydrogens is 331 g/mol. The molecule has 0 atom stereocenters. The number of carbonyl (C=O) groups excluding carboxylic acids is 1. The van der Waals surface area contributed by atoms with Gasteiger partial charge in [0.15, 0.2) is 11.5 Å². The van der Waals surface area contributed by atoms with Gasteiger partial charge in [0.1, 0.15) is 5.82 Å². The van der Waals surface area contributed by atoms with E-state index in [0.717, 1.165) is 5.56 Å². The minimum atomic E-state index is -0.348. The Balaban J connectivity index is 1.75. The summed E-state index contributed by atoms with van der Waals surface area (Å²) in [4.78, 5) is 13.8. The topological polar surface area (TPSA) is 46.3 Å². The van der Waals surface area contributed by atoms with Crippen molar-refractivity contribution >= 4 is 17.5 Å². The number of rotatable bonds is 4. The van der Waals surface area contributed by atoms with Gasteiger partial charge in [0.05, 0.1) is 0 Å². The highest BCUT2D eigenvalue weighted by Crippen LogP contribution is 2.23. The number of aromatic nitrogens is 1. The van der Waals surface area contributed by atoms with Crippen molar-refractivity contribution in [3.05, 3.63) is 76.7 Å². The van der Waals surface area contributed by atoms with Crippen molar-refractivity contribution in [1.29, 1.82) is 0 Å². The lowest BCUT2D eigenvalue weighted by Crippen LogP contribution is -2.26. The van der Waals surface area contributed by atoms with Gasteiger partial charge in [0, 0.05) is 35.8 Å². The Labute approximate surface area is 143 Å². The number of amides is 1. The third kappa shape index (κ3) is 3.46. The summed E-state index contributed by atoms with van der Waals surface area (Å²) in [6.45, 7) is 0.147. The third-order valence-electron chi connectivity index (χ3n) is 3.57. The zero-order chi connectivity index (χ0) is 17.1. The second-order valence-electron chi connectivity index (χ2n) is 5.34. The number of benzene rings is 2. The summed E-state index contributed by atoms with van der Waals surface area (Å²) >= 11 is 5.85. The Kier molecular flexibility index (Phi) is 4.62. The second-order valence-corrected chi connectivity index (χ2v) is 5.77. The molecule has 0 N–H and O–H groups in total. The monoisotopic (exact) mass is 344 g/mol. The third-order valence-corrected chi connectivity index (χ3v) is 3.82. The average molecular weight is 345 g/mol. The van der Waals surface area contributed by atoms with Gasteiger partial charge in [0.25, 0.3) is 5.91 Å². The van der Waals surface area contributed by atoms with Crippen LogP contribution in [0.4, 0.5) is 4.39 Å². The summed E-state index contributed by atoms with van der Waals surface area (Å²) in [6, 6.07) is 14.9. The summed E-state index contributed by atoms with van der Waals surface area (Å²) in [5, 5.41) is 4.42. The highest BCUT2D eigenvalue weighted by Gasteiger charge is 2.18. The van der Waals surface area contributed by atoms with E-state index in [1.807, 2.05) is 0 Å². The Morgan fingerprint density at radius 1 is 1.21 bits per heavy atom. The molecule has 2 aromatic carbocycles. The largest absolute Gasteiger partial charge is 0.355 e. The van der Waals surface area contributed by atoms with Crippen LogP contribution < -0.4 is 0 Å². The zero-order valence-corrected chi connectivity index (χ0v) is 13.6. The standard InChI is InChI=1S/C18H14ClFN2O2/c1-22(11-13-4-2-3-5-15(13)20)18(23)16-10-17(24-21-16)12-6-8-14(19)9-7-12/h2-10H,11H2,1H3. The quantitative estimate of drug-likeness (QED) is 0.704. The fourth-order valence-electron chi connectivity index (χ4n) is 2.28. The van der Waals surface area contributed by atoms with E-state index < -0.39 is 0 Å². The molecule has 1 aromatic heterocycles. The first-order valence-electron chi connectivity index (χ1n) is 7.26. The molecule has 6 heteroatoms. The molecule has 3 rings (SSSR count). The van der Waals surface area contributed by atoms with Crippen LogP contribution >= 0.6 is 11.6 Å². The van der Waals surface area contributed by atoms with E-state index in [9.17, 15) is 9.18 Å². The van der Waals surface area contributed by atoms with E-state index in [-0.39, 0.29) is 24.0 Å². The van der Waals surface area contributed by atoms with E-state index in [4.69, 9.17) is 16.1 Å². The number of halogens is 2. The molecule has 122 valence electrons. The van der Waals surface area contributed by atoms with Gasteiger partial charge < -0.3 is 9.42 Å². The minimum absolute atomic E-state index is 0.147. The summed E-state index contributed by atoms with van der Waals surface area (Å²) in [5.41, 5.74) is 1.37. The van der Waals surface area contributed by atoms with Crippen LogP contribution in [0.15, 0.2) is 59.1 Å². The van der Waals surface area contributed by atoms with E-state index in [1.54, 1.807) is 55.6 Å². The lowest BCUT2D eigenvalue weighted by atomic mass is 10.1. The first-order valence-corrected chi connectivity index (χ1v) is 7.64. The van der Waals surface area contributed by atoms with Crippen molar-refractivity contribution in [2.24, 2.45) is 0 Å². The lowest BCUT2D eigenvalue weighted by Gasteiger charge is -2.15. The van der Waals surface area contributed by atoms with Crippen molar-refractivity contribution in [3.8, 4) is 11.3 Å². The molecule has 1 heterocycles. The Bertz CT molecular complexity index is 861. The second kappa shape index (κ2) is 6.84. The van der Waals surface area contributed by atoms with Crippen LogP contribution in [0.1, 0.15) is 16.1 Å². The van der Waals surface area contributed by atoms with Gasteiger partial charge in [-0.25, -0.2) is 4.39 Å². The predicted octanol–water partition coefficient (Wildman–Crippen LogP) is 4.41. The van der Waals surface area contributed by atoms with Crippen LogP contribution in [0.2, 0.25) is 5.02 Å². The minimum Gasteiger partial charge on any atom is -0.355 e. The van der Waals surface area contributed by atoms with Gasteiger partial charge in [-0.15, -0.1) is 0 Å². The van der Waals surface area contributed by atoms with Crippen LogP contribution in [0.3, 0.4) is 0 Å². The van der Waals surface area contributed by atoms with Gasteiger partial charge in [-0.05, 0) is 30.3 Å². The molecule has 3 aromatic rings. The molecule has 0 bridgehead atoms. The molecule has 0 aliphatic heterocycles. The molecule has 0 aliphatic carbocycles. The number of hydrogen-bond acceptors (Lipinski definition) is 3. The average Bonchev–Trinajstić information content (AvgIpc) is 3.07. The Morgan fingerprint density at radius 3 is 2.62 bits per heavy atom. The van der Waals surface area contributed by atoms with Crippen molar-refractivity contribution < 1.29 is 13.7 Å². The molecule has 4 nitrogen and oxygen atoms in total. The molecule has 0 radical (unpaired) electrons. The molecule has 0 fully saturated rings. The van der Waals surface area contributed by atoms with Crippen molar-refractivity contribution in [2.45, 2.75) is 6.54 Å². The van der Waals surface area contributed by atoms with E-state index >= 15 is 0 Å². The molecular formula is C18H14ClFN2O2. The van der Waals surface area contributed by atoms with Gasteiger partial charge in [0.2, 0.25) is 0 Å². The predicted molar refractivity (Wildman–Crippen MR) is 89.1 cm³/mol. The molecule has 0 spiro atoms. The Hall–Kier alpha value is -2.66. The molecule has 0 saturated carbocycles. The smallest absolute Gasteiger partial charge is 0.276 e. The molecule has 24 heavy (non-hydrogen) atoms. The van der Waals surface area contributed by atoms with E-state index in [2.05, 4.69) is 5.16 Å². The molecule has 0 unspecified atom stereocenters. The number of nitrogens with zero attached hydrogens (tertiary/aromatic N) is 2. The zero-order valence-electron chi connectivity index (χ0n) is 12.9. The fraction of sp³-hybridized carbons (Fsp3) is 0.111. The summed E-state index contributed by atoms with van der Waals surface area (Å²) in [7, 11) is 1.59. The lowest BCUT2D eigenvalue weighted by molar-refractivity contribution is 0.0773. The first kappa shape index (κ1) is 16.2. The van der Waals surface area contributed by atoms with Gasteiger partial charge in [-0.2, -0.15) is 0 Å². The SMILES string of the molecule is CN(Cc1ccccc1F)C(=O)c1cc(-c2ccc(Cl)cc2)on1.